The van der Waals surface area contributed by atoms with Crippen LogP contribution in [0.5, 0.6) is 5.88 Å². The van der Waals surface area contributed by atoms with Crippen LogP contribution < -0.4 is 9.64 Å². The van der Waals surface area contributed by atoms with Crippen molar-refractivity contribution < 1.29 is 27.0 Å². The van der Waals surface area contributed by atoms with Gasteiger partial charge in [-0.15, -0.1) is 0 Å². The normalized spacial score (nSPS) is 25.1. The largest absolute Gasteiger partial charge is 0.474 e. The Labute approximate surface area is 181 Å². The minimum atomic E-state index is -4.00. The Morgan fingerprint density at radius 1 is 1.03 bits per heavy atom. The lowest BCUT2D eigenvalue weighted by atomic mass is 9.93. The van der Waals surface area contributed by atoms with Crippen LogP contribution in [0.4, 0.5) is 23.4 Å². The third-order valence-electron chi connectivity index (χ3n) is 5.79. The maximum atomic E-state index is 13.8. The van der Waals surface area contributed by atoms with Crippen molar-refractivity contribution in [1.29, 1.82) is 0 Å². The van der Waals surface area contributed by atoms with Gasteiger partial charge in [-0.05, 0) is 37.8 Å². The molecule has 4 heterocycles. The van der Waals surface area contributed by atoms with E-state index in [-0.39, 0.29) is 17.8 Å². The first kappa shape index (κ1) is 20.9. The van der Waals surface area contributed by atoms with E-state index in [0.717, 1.165) is 30.6 Å². The summed E-state index contributed by atoms with van der Waals surface area (Å²) in [6.45, 7) is -2.08. The molecule has 7 nitrogen and oxygen atoms in total. The van der Waals surface area contributed by atoms with E-state index in [4.69, 9.17) is 4.74 Å². The first-order valence-corrected chi connectivity index (χ1v) is 10.4. The highest BCUT2D eigenvalue weighted by Gasteiger charge is 2.52. The number of nitrogens with zero attached hydrogens (tertiary/aromatic N) is 5. The molecule has 0 bridgehead atoms. The van der Waals surface area contributed by atoms with E-state index >= 15 is 0 Å². The van der Waals surface area contributed by atoms with Gasteiger partial charge in [-0.3, -0.25) is 9.72 Å². The molecule has 32 heavy (non-hydrogen) atoms. The fraction of sp³-hybridized carbons (Fsp3) is 0.476. The number of hydrogen-bond donors (Lipinski definition) is 0. The average molecular weight is 451 g/mol. The van der Waals surface area contributed by atoms with Gasteiger partial charge in [0.05, 0.1) is 17.2 Å². The molecule has 0 amide bonds. The van der Waals surface area contributed by atoms with E-state index in [0.29, 0.717) is 16.9 Å². The molecule has 11 heteroatoms. The van der Waals surface area contributed by atoms with Crippen LogP contribution in [0.1, 0.15) is 31.7 Å². The number of pyridine rings is 2. The summed E-state index contributed by atoms with van der Waals surface area (Å²) in [7, 11) is 0. The van der Waals surface area contributed by atoms with Crippen LogP contribution >= 0.6 is 0 Å². The van der Waals surface area contributed by atoms with Gasteiger partial charge in [-0.25, -0.2) is 4.98 Å². The van der Waals surface area contributed by atoms with Gasteiger partial charge in [0.2, 0.25) is 5.88 Å². The fourth-order valence-electron chi connectivity index (χ4n) is 4.33. The molecule has 1 aliphatic carbocycles. The van der Waals surface area contributed by atoms with Crippen molar-refractivity contribution in [2.75, 3.05) is 18.0 Å². The Hall–Kier alpha value is -2.95. The van der Waals surface area contributed by atoms with Gasteiger partial charge in [-0.2, -0.15) is 22.5 Å². The summed E-state index contributed by atoms with van der Waals surface area (Å²) in [6.07, 6.45) is 2.18. The van der Waals surface area contributed by atoms with Crippen LogP contribution in [-0.2, 0) is 4.74 Å². The number of alkyl halides is 4. The highest BCUT2D eigenvalue weighted by Crippen LogP contribution is 2.38. The maximum Gasteiger partial charge on any atom is 0.377 e. The molecule has 5 rings (SSSR count). The molecule has 0 atom stereocenters. The summed E-state index contributed by atoms with van der Waals surface area (Å²) in [5.41, 5.74) is 0.428. The molecule has 170 valence electrons. The summed E-state index contributed by atoms with van der Waals surface area (Å²) in [5, 5.41) is 0.597. The zero-order valence-corrected chi connectivity index (χ0v) is 17.0. The number of anilines is 1. The molecule has 0 aromatic carbocycles. The Bertz CT molecular complexity index is 1070. The number of aromatic nitrogens is 4. The summed E-state index contributed by atoms with van der Waals surface area (Å²) in [5.74, 6) is 0.149. The predicted octanol–water partition coefficient (Wildman–Crippen LogP) is 4.41. The summed E-state index contributed by atoms with van der Waals surface area (Å²) in [4.78, 5) is 13.5. The van der Waals surface area contributed by atoms with Crippen molar-refractivity contribution in [3.63, 3.8) is 0 Å². The van der Waals surface area contributed by atoms with Crippen LogP contribution in [0.25, 0.3) is 10.9 Å². The number of imidazole rings is 1. The number of rotatable bonds is 4. The van der Waals surface area contributed by atoms with Crippen molar-refractivity contribution >= 4 is 16.7 Å². The minimum absolute atomic E-state index is 0.0547. The van der Waals surface area contributed by atoms with E-state index in [1.807, 2.05) is 6.20 Å². The Morgan fingerprint density at radius 2 is 1.78 bits per heavy atom. The molecule has 0 spiro atoms. The number of halogens is 4. The van der Waals surface area contributed by atoms with Crippen molar-refractivity contribution in [2.45, 2.75) is 50.0 Å². The second-order valence-electron chi connectivity index (χ2n) is 8.15. The maximum absolute atomic E-state index is 13.8. The topological polar surface area (TPSA) is 65.3 Å². The lowest BCUT2D eigenvalue weighted by Crippen LogP contribution is -2.55. The molecule has 3 aromatic rings. The van der Waals surface area contributed by atoms with Crippen molar-refractivity contribution in [1.82, 2.24) is 19.5 Å². The molecular formula is C21H21F4N5O2. The quantitative estimate of drug-likeness (QED) is 0.548. The standard InChI is InChI=1S/C21H21F4N5O2/c22-20(23)11-30(12-21(24,25)32-20)18-10-17-16(2-1-7-27-17)19(28-18)31-15-5-3-14(4-6-15)29-9-8-26-13-29/h1-2,7-10,13-15H,3-6,11-12H2. The SMILES string of the molecule is FC1(F)CN(c2cc3ncccc3c(OC3CCC(n4ccnc4)CC3)n2)CC(F)(F)O1. The van der Waals surface area contributed by atoms with Crippen LogP contribution in [0, 0.1) is 0 Å². The Balaban J connectivity index is 1.39. The molecule has 3 aromatic heterocycles. The molecule has 1 aliphatic heterocycles. The van der Waals surface area contributed by atoms with Crippen LogP contribution in [0.2, 0.25) is 0 Å². The van der Waals surface area contributed by atoms with Gasteiger partial charge in [0.15, 0.2) is 0 Å². The first-order valence-electron chi connectivity index (χ1n) is 10.4. The fourth-order valence-corrected chi connectivity index (χ4v) is 4.33. The van der Waals surface area contributed by atoms with E-state index < -0.39 is 25.3 Å². The second kappa shape index (κ2) is 7.88. The number of ether oxygens (including phenoxy) is 2. The Kier molecular flexibility index (Phi) is 5.15. The van der Waals surface area contributed by atoms with Crippen LogP contribution in [0.15, 0.2) is 43.1 Å². The predicted molar refractivity (Wildman–Crippen MR) is 107 cm³/mol. The minimum Gasteiger partial charge on any atom is -0.474 e. The summed E-state index contributed by atoms with van der Waals surface area (Å²) in [6, 6.07) is 5.22. The third kappa shape index (κ3) is 4.34. The molecular weight excluding hydrogens is 430 g/mol. The van der Waals surface area contributed by atoms with E-state index in [9.17, 15) is 17.6 Å². The second-order valence-corrected chi connectivity index (χ2v) is 8.15. The van der Waals surface area contributed by atoms with Gasteiger partial charge < -0.3 is 14.2 Å². The highest BCUT2D eigenvalue weighted by molar-refractivity contribution is 5.85. The number of hydrogen-bond acceptors (Lipinski definition) is 6. The van der Waals surface area contributed by atoms with Crippen LogP contribution in [-0.4, -0.2) is 50.9 Å². The van der Waals surface area contributed by atoms with Gasteiger partial charge in [0, 0.05) is 30.7 Å². The van der Waals surface area contributed by atoms with Crippen molar-refractivity contribution in [2.24, 2.45) is 0 Å². The zero-order chi connectivity index (χ0) is 22.3. The molecule has 2 fully saturated rings. The molecule has 1 saturated heterocycles. The molecule has 0 radical (unpaired) electrons. The lowest BCUT2D eigenvalue weighted by Gasteiger charge is -2.37. The van der Waals surface area contributed by atoms with Gasteiger partial charge >= 0.3 is 12.2 Å². The monoisotopic (exact) mass is 451 g/mol. The van der Waals surface area contributed by atoms with Crippen LogP contribution in [0.3, 0.4) is 0 Å². The molecule has 1 saturated carbocycles. The lowest BCUT2D eigenvalue weighted by molar-refractivity contribution is -0.380. The molecule has 0 unspecified atom stereocenters. The van der Waals surface area contributed by atoms with E-state index in [2.05, 4.69) is 24.3 Å². The van der Waals surface area contributed by atoms with Crippen molar-refractivity contribution in [3.8, 4) is 5.88 Å². The van der Waals surface area contributed by atoms with Crippen molar-refractivity contribution in [3.05, 3.63) is 43.1 Å². The van der Waals surface area contributed by atoms with Gasteiger partial charge in [-0.1, -0.05) is 0 Å². The summed E-state index contributed by atoms with van der Waals surface area (Å²) < 4.78 is 66.8. The van der Waals surface area contributed by atoms with Gasteiger partial charge in [0.1, 0.15) is 25.0 Å². The van der Waals surface area contributed by atoms with E-state index in [1.54, 1.807) is 24.7 Å². The first-order chi connectivity index (χ1) is 15.3. The van der Waals surface area contributed by atoms with E-state index in [1.165, 1.54) is 12.3 Å². The third-order valence-corrected chi connectivity index (χ3v) is 5.79. The average Bonchev–Trinajstić information content (AvgIpc) is 3.27. The zero-order valence-electron chi connectivity index (χ0n) is 17.0. The molecule has 0 N–H and O–H groups in total. The number of morpholine rings is 1. The number of fused-ring (bicyclic) bond motifs is 1. The highest BCUT2D eigenvalue weighted by atomic mass is 19.3. The summed E-state index contributed by atoms with van der Waals surface area (Å²) >= 11 is 0. The smallest absolute Gasteiger partial charge is 0.377 e. The molecule has 2 aliphatic rings. The Morgan fingerprint density at radius 3 is 2.47 bits per heavy atom. The van der Waals surface area contributed by atoms with Gasteiger partial charge in [0.25, 0.3) is 0 Å².